The molecule has 0 aromatic heterocycles. The number of ether oxygens (including phenoxy) is 6. The van der Waals surface area contributed by atoms with Gasteiger partial charge >= 0.3 is 0 Å². The fraction of sp³-hybridized carbons (Fsp3) is 0.750. The summed E-state index contributed by atoms with van der Waals surface area (Å²) < 4.78 is 35.1. The molecule has 0 fully saturated rings. The average Bonchev–Trinajstić information content (AvgIpc) is 2.65. The maximum Gasteiger partial charge on any atom is 0.123 e. The third kappa shape index (κ3) is 13.1. The van der Waals surface area contributed by atoms with E-state index in [0.717, 1.165) is 11.5 Å². The summed E-state index contributed by atoms with van der Waals surface area (Å²) in [5, 5.41) is 0. The van der Waals surface area contributed by atoms with E-state index in [9.17, 15) is 0 Å². The van der Waals surface area contributed by atoms with E-state index in [1.165, 1.54) is 0 Å². The molecule has 0 amide bonds. The van der Waals surface area contributed by atoms with Crippen molar-refractivity contribution in [2.45, 2.75) is 92.0 Å². The largest absolute Gasteiger partial charge is 0.491 e. The van der Waals surface area contributed by atoms with Crippen molar-refractivity contribution in [2.75, 3.05) is 26.4 Å². The molecule has 30 heavy (non-hydrogen) atoms. The second-order valence-corrected chi connectivity index (χ2v) is 8.47. The standard InChI is InChI=1S/C24H42O6/c1-17(2)25-13-23(29-19(5)6)15-27-21-10-9-11-22(12-21)28-16-24(30-20(7)8)14-26-18(3)4/h9-12,17-20,23-24H,13-16H2,1-8H3. The van der Waals surface area contributed by atoms with Crippen molar-refractivity contribution < 1.29 is 28.4 Å². The summed E-state index contributed by atoms with van der Waals surface area (Å²) in [6.07, 6.45) is 0.259. The van der Waals surface area contributed by atoms with Crippen LogP contribution in [0.2, 0.25) is 0 Å². The molecule has 0 N–H and O–H groups in total. The van der Waals surface area contributed by atoms with Crippen LogP contribution >= 0.6 is 0 Å². The molecule has 6 heteroatoms. The first kappa shape index (κ1) is 26.7. The Kier molecular flexibility index (Phi) is 13.0. The van der Waals surface area contributed by atoms with Crippen molar-refractivity contribution >= 4 is 0 Å². The lowest BCUT2D eigenvalue weighted by atomic mass is 10.3. The van der Waals surface area contributed by atoms with Crippen LogP contribution in [0.15, 0.2) is 24.3 Å². The fourth-order valence-electron chi connectivity index (χ4n) is 2.65. The number of rotatable bonds is 16. The molecular weight excluding hydrogens is 384 g/mol. The van der Waals surface area contributed by atoms with Crippen LogP contribution in [-0.2, 0) is 18.9 Å². The quantitative estimate of drug-likeness (QED) is 0.375. The summed E-state index contributed by atoms with van der Waals surface area (Å²) in [5.41, 5.74) is 0. The molecule has 2 unspecified atom stereocenters. The van der Waals surface area contributed by atoms with E-state index in [1.54, 1.807) is 0 Å². The summed E-state index contributed by atoms with van der Waals surface area (Å²) in [7, 11) is 0. The fourth-order valence-corrected chi connectivity index (χ4v) is 2.65. The third-order valence-electron chi connectivity index (χ3n) is 3.84. The van der Waals surface area contributed by atoms with E-state index < -0.39 is 0 Å². The average molecular weight is 427 g/mol. The minimum absolute atomic E-state index is 0.106. The predicted molar refractivity (Wildman–Crippen MR) is 120 cm³/mol. The Bertz CT molecular complexity index is 513. The van der Waals surface area contributed by atoms with Crippen molar-refractivity contribution in [3.63, 3.8) is 0 Å². The molecule has 6 nitrogen and oxygen atoms in total. The molecule has 0 aliphatic rings. The van der Waals surface area contributed by atoms with Gasteiger partial charge in [-0.1, -0.05) is 6.07 Å². The first-order valence-corrected chi connectivity index (χ1v) is 11.1. The van der Waals surface area contributed by atoms with Crippen LogP contribution in [-0.4, -0.2) is 63.1 Å². The lowest BCUT2D eigenvalue weighted by Crippen LogP contribution is -2.31. The van der Waals surface area contributed by atoms with Crippen molar-refractivity contribution in [1.82, 2.24) is 0 Å². The Morgan fingerprint density at radius 2 is 0.967 bits per heavy atom. The second-order valence-electron chi connectivity index (χ2n) is 8.47. The van der Waals surface area contributed by atoms with Gasteiger partial charge in [-0.2, -0.15) is 0 Å². The van der Waals surface area contributed by atoms with Crippen molar-refractivity contribution in [2.24, 2.45) is 0 Å². The monoisotopic (exact) mass is 426 g/mol. The molecule has 0 saturated carbocycles. The van der Waals surface area contributed by atoms with Gasteiger partial charge in [0.2, 0.25) is 0 Å². The summed E-state index contributed by atoms with van der Waals surface area (Å²) >= 11 is 0. The smallest absolute Gasteiger partial charge is 0.123 e. The molecule has 0 saturated heterocycles. The molecule has 174 valence electrons. The van der Waals surface area contributed by atoms with E-state index >= 15 is 0 Å². The highest BCUT2D eigenvalue weighted by Crippen LogP contribution is 2.20. The Hall–Kier alpha value is -1.34. The Morgan fingerprint density at radius 1 is 0.567 bits per heavy atom. The lowest BCUT2D eigenvalue weighted by Gasteiger charge is -2.23. The lowest BCUT2D eigenvalue weighted by molar-refractivity contribution is -0.0749. The van der Waals surface area contributed by atoms with Crippen LogP contribution in [0.3, 0.4) is 0 Å². The van der Waals surface area contributed by atoms with Crippen molar-refractivity contribution in [3.8, 4) is 11.5 Å². The molecule has 0 aliphatic carbocycles. The van der Waals surface area contributed by atoms with Crippen molar-refractivity contribution in [1.29, 1.82) is 0 Å². The molecule has 1 aromatic carbocycles. The van der Waals surface area contributed by atoms with Crippen LogP contribution < -0.4 is 9.47 Å². The Balaban J connectivity index is 2.60. The van der Waals surface area contributed by atoms with Gasteiger partial charge in [0.1, 0.15) is 36.9 Å². The SMILES string of the molecule is CC(C)OCC(COc1cccc(OCC(COC(C)C)OC(C)C)c1)OC(C)C. The first-order chi connectivity index (χ1) is 14.2. The zero-order valence-corrected chi connectivity index (χ0v) is 20.1. The molecule has 1 rings (SSSR count). The van der Waals surface area contributed by atoms with E-state index in [1.807, 2.05) is 79.7 Å². The van der Waals surface area contributed by atoms with E-state index in [-0.39, 0.29) is 36.6 Å². The van der Waals surface area contributed by atoms with Gasteiger partial charge in [-0.05, 0) is 67.5 Å². The normalized spacial score (nSPS) is 14.0. The van der Waals surface area contributed by atoms with Gasteiger partial charge in [-0.15, -0.1) is 0 Å². The van der Waals surface area contributed by atoms with E-state index in [2.05, 4.69) is 0 Å². The van der Waals surface area contributed by atoms with Gasteiger partial charge < -0.3 is 28.4 Å². The zero-order valence-electron chi connectivity index (χ0n) is 20.1. The molecule has 0 heterocycles. The maximum atomic E-state index is 5.95. The summed E-state index contributed by atoms with van der Waals surface area (Å²) in [6, 6.07) is 7.61. The van der Waals surface area contributed by atoms with Gasteiger partial charge in [0.05, 0.1) is 37.6 Å². The molecule has 0 bridgehead atoms. The van der Waals surface area contributed by atoms with Gasteiger partial charge in [0.25, 0.3) is 0 Å². The number of hydrogen-bond donors (Lipinski definition) is 0. The van der Waals surface area contributed by atoms with Crippen LogP contribution in [0, 0.1) is 0 Å². The molecule has 0 spiro atoms. The van der Waals surface area contributed by atoms with Crippen LogP contribution in [0.4, 0.5) is 0 Å². The zero-order chi connectivity index (χ0) is 22.5. The molecule has 1 aromatic rings. The van der Waals surface area contributed by atoms with Gasteiger partial charge in [-0.25, -0.2) is 0 Å². The van der Waals surface area contributed by atoms with Crippen molar-refractivity contribution in [3.05, 3.63) is 24.3 Å². The Morgan fingerprint density at radius 3 is 1.30 bits per heavy atom. The highest BCUT2D eigenvalue weighted by Gasteiger charge is 2.16. The van der Waals surface area contributed by atoms with Crippen LogP contribution in [0.5, 0.6) is 11.5 Å². The number of hydrogen-bond acceptors (Lipinski definition) is 6. The third-order valence-corrected chi connectivity index (χ3v) is 3.84. The van der Waals surface area contributed by atoms with Gasteiger partial charge in [0.15, 0.2) is 0 Å². The van der Waals surface area contributed by atoms with Crippen LogP contribution in [0.25, 0.3) is 0 Å². The molecule has 0 radical (unpaired) electrons. The summed E-state index contributed by atoms with van der Waals surface area (Å²) in [6.45, 7) is 17.9. The highest BCUT2D eigenvalue weighted by atomic mass is 16.6. The molecule has 2 atom stereocenters. The number of benzene rings is 1. The van der Waals surface area contributed by atoms with E-state index in [4.69, 9.17) is 28.4 Å². The maximum absolute atomic E-state index is 5.95. The first-order valence-electron chi connectivity index (χ1n) is 11.1. The highest BCUT2D eigenvalue weighted by molar-refractivity contribution is 5.33. The second kappa shape index (κ2) is 14.6. The topological polar surface area (TPSA) is 55.4 Å². The van der Waals surface area contributed by atoms with Gasteiger partial charge in [-0.3, -0.25) is 0 Å². The minimum Gasteiger partial charge on any atom is -0.491 e. The van der Waals surface area contributed by atoms with E-state index in [0.29, 0.717) is 26.4 Å². The van der Waals surface area contributed by atoms with Gasteiger partial charge in [0, 0.05) is 6.07 Å². The minimum atomic E-state index is -0.131. The Labute approximate surface area is 183 Å². The molecular formula is C24H42O6. The summed E-state index contributed by atoms with van der Waals surface area (Å²) in [4.78, 5) is 0. The predicted octanol–water partition coefficient (Wildman–Crippen LogP) is 4.88. The summed E-state index contributed by atoms with van der Waals surface area (Å²) in [5.74, 6) is 1.46. The molecule has 0 aliphatic heterocycles. The van der Waals surface area contributed by atoms with Crippen LogP contribution in [0.1, 0.15) is 55.4 Å².